The van der Waals surface area contributed by atoms with Crippen molar-refractivity contribution in [2.45, 2.75) is 19.9 Å². The summed E-state index contributed by atoms with van der Waals surface area (Å²) in [5.41, 5.74) is 3.76. The van der Waals surface area contributed by atoms with Gasteiger partial charge in [-0.1, -0.05) is 0 Å². The van der Waals surface area contributed by atoms with Gasteiger partial charge in [0.05, 0.1) is 11.1 Å². The normalized spacial score (nSPS) is 13.5. The first-order valence-corrected chi connectivity index (χ1v) is 8.17. The molecular weight excluding hydrogens is 336 g/mol. The third kappa shape index (κ3) is 2.85. The first kappa shape index (κ1) is 16.1. The molecule has 8 nitrogen and oxygen atoms in total. The fourth-order valence-corrected chi connectivity index (χ4v) is 3.19. The average molecular weight is 352 g/mol. The highest BCUT2D eigenvalue weighted by Crippen LogP contribution is 2.23. The van der Waals surface area contributed by atoms with Crippen molar-refractivity contribution in [1.82, 2.24) is 14.9 Å². The summed E-state index contributed by atoms with van der Waals surface area (Å²) in [5.74, 6) is -0.816. The van der Waals surface area contributed by atoms with Gasteiger partial charge < -0.3 is 14.6 Å². The van der Waals surface area contributed by atoms with Crippen LogP contribution in [0.15, 0.2) is 39.8 Å². The van der Waals surface area contributed by atoms with E-state index in [4.69, 9.17) is 4.42 Å². The molecule has 0 unspecified atom stereocenters. The molecule has 0 radical (unpaired) electrons. The Kier molecular flexibility index (Phi) is 3.80. The molecule has 0 bridgehead atoms. The van der Waals surface area contributed by atoms with Crippen molar-refractivity contribution >= 4 is 28.6 Å². The zero-order chi connectivity index (χ0) is 18.3. The van der Waals surface area contributed by atoms with Gasteiger partial charge in [0.15, 0.2) is 5.58 Å². The molecule has 0 saturated heterocycles. The maximum Gasteiger partial charge on any atom is 0.417 e. The van der Waals surface area contributed by atoms with Crippen LogP contribution < -0.4 is 11.1 Å². The number of rotatable bonds is 2. The Morgan fingerprint density at radius 3 is 2.96 bits per heavy atom. The molecule has 3 aromatic rings. The van der Waals surface area contributed by atoms with Gasteiger partial charge in [-0.25, -0.2) is 4.79 Å². The van der Waals surface area contributed by atoms with Crippen molar-refractivity contribution < 1.29 is 14.0 Å². The Morgan fingerprint density at radius 2 is 2.15 bits per heavy atom. The lowest BCUT2D eigenvalue weighted by Gasteiger charge is -2.28. The van der Waals surface area contributed by atoms with Gasteiger partial charge in [-0.15, -0.1) is 0 Å². The van der Waals surface area contributed by atoms with E-state index in [1.54, 1.807) is 29.3 Å². The van der Waals surface area contributed by atoms with E-state index in [1.807, 2.05) is 0 Å². The summed E-state index contributed by atoms with van der Waals surface area (Å²) < 4.78 is 4.95. The van der Waals surface area contributed by atoms with Crippen LogP contribution in [0.4, 0.5) is 5.69 Å². The molecule has 1 aliphatic rings. The van der Waals surface area contributed by atoms with Crippen molar-refractivity contribution in [3.63, 3.8) is 0 Å². The minimum atomic E-state index is -0.542. The van der Waals surface area contributed by atoms with Gasteiger partial charge in [-0.2, -0.15) is 0 Å². The highest BCUT2D eigenvalue weighted by atomic mass is 16.4. The van der Waals surface area contributed by atoms with E-state index in [0.29, 0.717) is 41.9 Å². The van der Waals surface area contributed by atoms with Crippen LogP contribution in [0.3, 0.4) is 0 Å². The summed E-state index contributed by atoms with van der Waals surface area (Å²) in [4.78, 5) is 44.0. The maximum atomic E-state index is 12.7. The van der Waals surface area contributed by atoms with Crippen LogP contribution in [0, 0.1) is 0 Å². The van der Waals surface area contributed by atoms with Crippen LogP contribution in [0.2, 0.25) is 0 Å². The van der Waals surface area contributed by atoms with Crippen LogP contribution >= 0.6 is 0 Å². The van der Waals surface area contributed by atoms with Gasteiger partial charge in [0, 0.05) is 38.1 Å². The number of hydrogen-bond acceptors (Lipinski definition) is 5. The molecule has 2 N–H and O–H groups in total. The number of H-pyrrole nitrogens is 1. The molecule has 26 heavy (non-hydrogen) atoms. The Bertz CT molecular complexity index is 1080. The lowest BCUT2D eigenvalue weighted by atomic mass is 9.96. The van der Waals surface area contributed by atoms with Crippen LogP contribution in [0.25, 0.3) is 11.1 Å². The molecule has 2 amide bonds. The second kappa shape index (κ2) is 6.14. The number of oxazole rings is 1. The largest absolute Gasteiger partial charge is 0.417 e. The third-order valence-corrected chi connectivity index (χ3v) is 4.51. The molecule has 2 aromatic heterocycles. The van der Waals surface area contributed by atoms with Crippen LogP contribution in [0.1, 0.15) is 28.4 Å². The van der Waals surface area contributed by atoms with E-state index < -0.39 is 5.76 Å². The van der Waals surface area contributed by atoms with E-state index in [2.05, 4.69) is 15.3 Å². The first-order chi connectivity index (χ1) is 12.5. The summed E-state index contributed by atoms with van der Waals surface area (Å²) in [6.07, 6.45) is 3.84. The summed E-state index contributed by atoms with van der Waals surface area (Å²) in [5, 5.41) is 2.82. The van der Waals surface area contributed by atoms with Crippen LogP contribution in [0.5, 0.6) is 0 Å². The molecule has 3 heterocycles. The van der Waals surface area contributed by atoms with Crippen LogP contribution in [-0.4, -0.2) is 33.2 Å². The molecule has 0 fully saturated rings. The molecule has 1 aliphatic heterocycles. The van der Waals surface area contributed by atoms with E-state index in [-0.39, 0.29) is 11.8 Å². The summed E-state index contributed by atoms with van der Waals surface area (Å²) >= 11 is 0. The fourth-order valence-electron chi connectivity index (χ4n) is 3.19. The number of amides is 2. The maximum absolute atomic E-state index is 12.7. The number of aromatic nitrogens is 2. The second-order valence-electron chi connectivity index (χ2n) is 6.19. The van der Waals surface area contributed by atoms with E-state index in [1.165, 1.54) is 13.1 Å². The summed E-state index contributed by atoms with van der Waals surface area (Å²) in [6, 6.07) is 4.92. The second-order valence-corrected chi connectivity index (χ2v) is 6.19. The number of carbonyl (C=O) groups excluding carboxylic acids is 2. The molecule has 0 atom stereocenters. The average Bonchev–Trinajstić information content (AvgIpc) is 2.99. The summed E-state index contributed by atoms with van der Waals surface area (Å²) in [7, 11) is 0. The van der Waals surface area contributed by atoms with Crippen molar-refractivity contribution in [3.8, 4) is 0 Å². The molecule has 0 aliphatic carbocycles. The smallest absolute Gasteiger partial charge is 0.408 e. The number of nitrogens with zero attached hydrogens (tertiary/aromatic N) is 2. The molecule has 132 valence electrons. The number of fused-ring (bicyclic) bond motifs is 2. The number of aromatic amines is 1. The monoisotopic (exact) mass is 352 g/mol. The Morgan fingerprint density at radius 1 is 1.31 bits per heavy atom. The van der Waals surface area contributed by atoms with Gasteiger partial charge in [-0.05, 0) is 35.7 Å². The lowest BCUT2D eigenvalue weighted by Crippen LogP contribution is -2.35. The Balaban J connectivity index is 1.61. The number of benzene rings is 1. The van der Waals surface area contributed by atoms with E-state index in [9.17, 15) is 14.4 Å². The van der Waals surface area contributed by atoms with Gasteiger partial charge in [0.1, 0.15) is 0 Å². The minimum absolute atomic E-state index is 0.00733. The number of carbonyl (C=O) groups is 2. The van der Waals surface area contributed by atoms with Crippen LogP contribution in [-0.2, 0) is 17.8 Å². The zero-order valence-corrected chi connectivity index (χ0v) is 14.0. The predicted octanol–water partition coefficient (Wildman–Crippen LogP) is 1.67. The molecule has 0 saturated carbocycles. The highest BCUT2D eigenvalue weighted by Gasteiger charge is 2.23. The Labute approximate surface area is 147 Å². The number of hydrogen-bond donors (Lipinski definition) is 2. The number of pyridine rings is 1. The zero-order valence-electron chi connectivity index (χ0n) is 14.0. The molecule has 0 spiro atoms. The van der Waals surface area contributed by atoms with Crippen molar-refractivity contribution in [1.29, 1.82) is 0 Å². The van der Waals surface area contributed by atoms with Gasteiger partial charge >= 0.3 is 5.76 Å². The standard InChI is InChI=1S/C18H16N4O4/c1-10(23)22-5-4-13-11(9-22)7-19-8-14(13)17(24)20-12-2-3-16-15(6-12)21-18(25)26-16/h2-3,6-8H,4-5,9H2,1H3,(H,20,24)(H,21,25). The lowest BCUT2D eigenvalue weighted by molar-refractivity contribution is -0.129. The molecule has 1 aromatic carbocycles. The summed E-state index contributed by atoms with van der Waals surface area (Å²) in [6.45, 7) is 2.57. The fraction of sp³-hybridized carbons (Fsp3) is 0.222. The number of anilines is 1. The van der Waals surface area contributed by atoms with Gasteiger partial charge in [0.2, 0.25) is 5.91 Å². The first-order valence-electron chi connectivity index (χ1n) is 8.17. The minimum Gasteiger partial charge on any atom is -0.408 e. The van der Waals surface area contributed by atoms with Crippen molar-refractivity contribution in [3.05, 3.63) is 57.8 Å². The SMILES string of the molecule is CC(=O)N1CCc2c(cncc2C(=O)Nc2ccc3oc(=O)[nH]c3c2)C1. The van der Waals surface area contributed by atoms with Gasteiger partial charge in [-0.3, -0.25) is 19.6 Å². The van der Waals surface area contributed by atoms with Gasteiger partial charge in [0.25, 0.3) is 5.91 Å². The molecule has 4 rings (SSSR count). The van der Waals surface area contributed by atoms with Crippen molar-refractivity contribution in [2.24, 2.45) is 0 Å². The molecule has 8 heteroatoms. The topological polar surface area (TPSA) is 108 Å². The van der Waals surface area contributed by atoms with Crippen molar-refractivity contribution in [2.75, 3.05) is 11.9 Å². The number of nitrogens with one attached hydrogen (secondary N) is 2. The van der Waals surface area contributed by atoms with E-state index in [0.717, 1.165) is 11.1 Å². The predicted molar refractivity (Wildman–Crippen MR) is 93.8 cm³/mol. The Hall–Kier alpha value is -3.42. The third-order valence-electron chi connectivity index (χ3n) is 4.51. The highest BCUT2D eigenvalue weighted by molar-refractivity contribution is 6.06. The quantitative estimate of drug-likeness (QED) is 0.729. The molecular formula is C18H16N4O4. The van der Waals surface area contributed by atoms with E-state index >= 15 is 0 Å².